The maximum absolute atomic E-state index is 11.7. The first kappa shape index (κ1) is 15.9. The van der Waals surface area contributed by atoms with Crippen LogP contribution < -0.4 is 4.90 Å². The van der Waals surface area contributed by atoms with Crippen molar-refractivity contribution in [1.82, 2.24) is 0 Å². The monoisotopic (exact) mass is 297 g/mol. The summed E-state index contributed by atoms with van der Waals surface area (Å²) in [5.41, 5.74) is -0.275. The van der Waals surface area contributed by atoms with Gasteiger partial charge in [-0.15, -0.1) is 0 Å². The van der Waals surface area contributed by atoms with Gasteiger partial charge < -0.3 is 4.90 Å². The molecule has 0 bridgehead atoms. The van der Waals surface area contributed by atoms with Crippen LogP contribution in [0.25, 0.3) is 0 Å². The van der Waals surface area contributed by atoms with Gasteiger partial charge in [-0.2, -0.15) is 5.26 Å². The molecule has 0 aliphatic carbocycles. The van der Waals surface area contributed by atoms with E-state index in [0.29, 0.717) is 0 Å². The molecule has 7 nitrogen and oxygen atoms in total. The molecule has 1 aromatic carbocycles. The zero-order chi connectivity index (χ0) is 15.5. The van der Waals surface area contributed by atoms with Gasteiger partial charge in [-0.3, -0.25) is 10.1 Å². The number of nitro groups is 1. The van der Waals surface area contributed by atoms with Crippen molar-refractivity contribution in [3.05, 3.63) is 28.3 Å². The number of rotatable bonds is 5. The second kappa shape index (κ2) is 5.88. The van der Waals surface area contributed by atoms with E-state index in [1.54, 1.807) is 14.0 Å². The van der Waals surface area contributed by atoms with Crippen LogP contribution in [0.3, 0.4) is 0 Å². The fourth-order valence-corrected chi connectivity index (χ4v) is 2.64. The number of hydrogen-bond donors (Lipinski definition) is 0. The van der Waals surface area contributed by atoms with E-state index in [9.17, 15) is 18.5 Å². The van der Waals surface area contributed by atoms with Crippen molar-refractivity contribution in [2.75, 3.05) is 18.2 Å². The Labute approximate surface area is 117 Å². The van der Waals surface area contributed by atoms with E-state index in [2.05, 4.69) is 0 Å². The highest BCUT2D eigenvalue weighted by atomic mass is 32.2. The van der Waals surface area contributed by atoms with Crippen molar-refractivity contribution in [2.24, 2.45) is 0 Å². The number of para-hydroxylation sites is 1. The van der Waals surface area contributed by atoms with Gasteiger partial charge in [-0.25, -0.2) is 8.42 Å². The summed E-state index contributed by atoms with van der Waals surface area (Å²) in [5.74, 6) is 0. The first-order valence-corrected chi connectivity index (χ1v) is 7.66. The molecule has 20 heavy (non-hydrogen) atoms. The average Bonchev–Trinajstić information content (AvgIpc) is 2.36. The average molecular weight is 297 g/mol. The molecular formula is C12H15N3O4S. The highest BCUT2D eigenvalue weighted by Gasteiger charge is 2.28. The lowest BCUT2D eigenvalue weighted by Gasteiger charge is -2.25. The van der Waals surface area contributed by atoms with Gasteiger partial charge in [-0.1, -0.05) is 6.07 Å². The topological polar surface area (TPSA) is 104 Å². The molecule has 0 aliphatic heterocycles. The Kier molecular flexibility index (Phi) is 4.68. The summed E-state index contributed by atoms with van der Waals surface area (Å²) in [7, 11) is -2.11. The molecule has 8 heteroatoms. The highest BCUT2D eigenvalue weighted by Crippen LogP contribution is 2.35. The van der Waals surface area contributed by atoms with Gasteiger partial charge in [0.2, 0.25) is 0 Å². The fourth-order valence-electron chi connectivity index (χ4n) is 1.78. The predicted octanol–water partition coefficient (Wildman–Crippen LogP) is 1.74. The maximum atomic E-state index is 11.7. The lowest BCUT2D eigenvalue weighted by molar-refractivity contribution is -0.387. The molecule has 0 saturated carbocycles. The van der Waals surface area contributed by atoms with Crippen LogP contribution in [0.4, 0.5) is 11.4 Å². The third-order valence-corrected chi connectivity index (χ3v) is 4.12. The van der Waals surface area contributed by atoms with Crippen LogP contribution in [0.15, 0.2) is 23.1 Å². The van der Waals surface area contributed by atoms with Gasteiger partial charge >= 0.3 is 5.69 Å². The molecule has 0 aliphatic rings. The standard InChI is InChI=1S/C12H15N3O4S/c1-9(7-8-13)14(2)10-5-4-6-11(20(3,18)19)12(10)15(16)17/h4-6,9H,7H2,1-3H3. The van der Waals surface area contributed by atoms with Crippen molar-refractivity contribution in [2.45, 2.75) is 24.3 Å². The van der Waals surface area contributed by atoms with Gasteiger partial charge in [0, 0.05) is 19.3 Å². The Hall–Kier alpha value is -2.14. The second-order valence-corrected chi connectivity index (χ2v) is 6.46. The van der Waals surface area contributed by atoms with Crippen LogP contribution in [0.5, 0.6) is 0 Å². The number of nitriles is 1. The molecule has 1 unspecified atom stereocenters. The third-order valence-electron chi connectivity index (χ3n) is 2.99. The number of hydrogen-bond acceptors (Lipinski definition) is 6. The van der Waals surface area contributed by atoms with Crippen molar-refractivity contribution < 1.29 is 13.3 Å². The summed E-state index contributed by atoms with van der Waals surface area (Å²) >= 11 is 0. The van der Waals surface area contributed by atoms with E-state index >= 15 is 0 Å². The molecule has 0 fully saturated rings. The minimum absolute atomic E-state index is 0.177. The molecule has 0 N–H and O–H groups in total. The second-order valence-electron chi connectivity index (χ2n) is 4.48. The Morgan fingerprint density at radius 2 is 2.10 bits per heavy atom. The zero-order valence-electron chi connectivity index (χ0n) is 11.4. The zero-order valence-corrected chi connectivity index (χ0v) is 12.2. The Morgan fingerprint density at radius 3 is 2.55 bits per heavy atom. The van der Waals surface area contributed by atoms with Crippen LogP contribution in [0, 0.1) is 21.4 Å². The molecule has 0 aromatic heterocycles. The number of nitrogens with zero attached hydrogens (tertiary/aromatic N) is 3. The normalized spacial score (nSPS) is 12.5. The summed E-state index contributed by atoms with van der Waals surface area (Å²) in [6.07, 6.45) is 1.11. The fraction of sp³-hybridized carbons (Fsp3) is 0.417. The van der Waals surface area contributed by atoms with E-state index < -0.39 is 20.4 Å². The number of nitro benzene ring substituents is 1. The highest BCUT2D eigenvalue weighted by molar-refractivity contribution is 7.90. The van der Waals surface area contributed by atoms with E-state index in [1.165, 1.54) is 23.1 Å². The van der Waals surface area contributed by atoms with Gasteiger partial charge in [0.05, 0.1) is 17.4 Å². The van der Waals surface area contributed by atoms with E-state index in [4.69, 9.17) is 5.26 Å². The Balaban J connectivity index is 3.50. The van der Waals surface area contributed by atoms with Crippen LogP contribution >= 0.6 is 0 Å². The van der Waals surface area contributed by atoms with E-state index in [0.717, 1.165) is 6.26 Å². The van der Waals surface area contributed by atoms with Gasteiger partial charge in [0.15, 0.2) is 9.84 Å². The first-order valence-electron chi connectivity index (χ1n) is 5.77. The van der Waals surface area contributed by atoms with Gasteiger partial charge in [-0.05, 0) is 19.1 Å². The van der Waals surface area contributed by atoms with Gasteiger partial charge in [0.1, 0.15) is 10.6 Å². The summed E-state index contributed by atoms with van der Waals surface area (Å²) in [4.78, 5) is 11.7. The van der Waals surface area contributed by atoms with Crippen molar-refractivity contribution in [3.8, 4) is 6.07 Å². The Morgan fingerprint density at radius 1 is 1.50 bits per heavy atom. The van der Waals surface area contributed by atoms with Crippen molar-refractivity contribution in [3.63, 3.8) is 0 Å². The Bertz CT molecular complexity index is 664. The number of anilines is 1. The van der Waals surface area contributed by atoms with Crippen LogP contribution in [-0.4, -0.2) is 32.7 Å². The van der Waals surface area contributed by atoms with Crippen LogP contribution in [0.2, 0.25) is 0 Å². The largest absolute Gasteiger partial charge is 0.365 e. The minimum Gasteiger partial charge on any atom is -0.365 e. The van der Waals surface area contributed by atoms with E-state index in [1.807, 2.05) is 6.07 Å². The summed E-state index contributed by atoms with van der Waals surface area (Å²) in [5, 5.41) is 19.9. The smallest absolute Gasteiger partial charge is 0.311 e. The molecule has 1 aromatic rings. The predicted molar refractivity (Wildman–Crippen MR) is 74.3 cm³/mol. The first-order chi connectivity index (χ1) is 9.20. The van der Waals surface area contributed by atoms with E-state index in [-0.39, 0.29) is 23.0 Å². The molecule has 0 saturated heterocycles. The molecule has 1 rings (SSSR count). The van der Waals surface area contributed by atoms with Crippen molar-refractivity contribution >= 4 is 21.2 Å². The molecule has 0 radical (unpaired) electrons. The SMILES string of the molecule is CC(CC#N)N(C)c1cccc(S(C)(=O)=O)c1[N+](=O)[O-]. The van der Waals surface area contributed by atoms with Gasteiger partial charge in [0.25, 0.3) is 0 Å². The summed E-state index contributed by atoms with van der Waals surface area (Å²) in [6, 6.07) is 5.85. The molecule has 0 spiro atoms. The third kappa shape index (κ3) is 3.24. The molecule has 108 valence electrons. The molecular weight excluding hydrogens is 282 g/mol. The van der Waals surface area contributed by atoms with Crippen molar-refractivity contribution in [1.29, 1.82) is 5.26 Å². The number of sulfone groups is 1. The summed E-state index contributed by atoms with van der Waals surface area (Å²) in [6.45, 7) is 1.74. The molecule has 0 amide bonds. The minimum atomic E-state index is -3.71. The molecule has 0 heterocycles. The summed E-state index contributed by atoms with van der Waals surface area (Å²) < 4.78 is 23.3. The molecule has 1 atom stereocenters. The lowest BCUT2D eigenvalue weighted by Crippen LogP contribution is -2.29. The number of benzene rings is 1. The quantitative estimate of drug-likeness (QED) is 0.605. The lowest BCUT2D eigenvalue weighted by atomic mass is 10.2. The maximum Gasteiger partial charge on any atom is 0.311 e. The van der Waals surface area contributed by atoms with Crippen LogP contribution in [-0.2, 0) is 9.84 Å². The van der Waals surface area contributed by atoms with Crippen LogP contribution in [0.1, 0.15) is 13.3 Å².